The third kappa shape index (κ3) is 2.55. The van der Waals surface area contributed by atoms with Crippen LogP contribution >= 0.6 is 0 Å². The molecule has 0 aromatic heterocycles. The summed E-state index contributed by atoms with van der Waals surface area (Å²) < 4.78 is 14.2. The first-order valence-corrected chi connectivity index (χ1v) is 7.77. The molecule has 2 aliphatic rings. The molecule has 1 heterocycles. The van der Waals surface area contributed by atoms with Crippen LogP contribution in [0.4, 0.5) is 4.39 Å². The van der Waals surface area contributed by atoms with Gasteiger partial charge in [-0.1, -0.05) is 43.9 Å². The van der Waals surface area contributed by atoms with Gasteiger partial charge in [-0.15, -0.1) is 0 Å². The number of nitrogens with one attached hydrogen (secondary N) is 1. The lowest BCUT2D eigenvalue weighted by Gasteiger charge is -2.45. The lowest BCUT2D eigenvalue weighted by Crippen LogP contribution is -2.43. The van der Waals surface area contributed by atoms with Gasteiger partial charge in [-0.2, -0.15) is 0 Å². The van der Waals surface area contributed by atoms with Crippen LogP contribution in [0.5, 0.6) is 0 Å². The van der Waals surface area contributed by atoms with E-state index < -0.39 is 0 Å². The molecule has 1 N–H and O–H groups in total. The molecule has 1 saturated carbocycles. The topological polar surface area (TPSA) is 12.0 Å². The predicted molar refractivity (Wildman–Crippen MR) is 76.8 cm³/mol. The van der Waals surface area contributed by atoms with Crippen molar-refractivity contribution < 1.29 is 4.39 Å². The Morgan fingerprint density at radius 2 is 1.74 bits per heavy atom. The van der Waals surface area contributed by atoms with Crippen LogP contribution in [0.25, 0.3) is 0 Å². The first kappa shape index (κ1) is 13.1. The first-order valence-electron chi connectivity index (χ1n) is 7.77. The fourth-order valence-corrected chi connectivity index (χ4v) is 4.20. The minimum absolute atomic E-state index is 0.0141. The summed E-state index contributed by atoms with van der Waals surface area (Å²) in [5, 5.41) is 3.49. The Morgan fingerprint density at radius 3 is 2.47 bits per heavy atom. The van der Waals surface area contributed by atoms with E-state index >= 15 is 0 Å². The molecule has 0 radical (unpaired) electrons. The molecule has 1 saturated heterocycles. The Balaban J connectivity index is 1.94. The Hall–Kier alpha value is -0.890. The van der Waals surface area contributed by atoms with E-state index in [2.05, 4.69) is 5.32 Å². The monoisotopic (exact) mass is 261 g/mol. The van der Waals surface area contributed by atoms with E-state index in [0.29, 0.717) is 11.3 Å². The third-order valence-corrected chi connectivity index (χ3v) is 5.27. The van der Waals surface area contributed by atoms with Crippen LogP contribution in [0, 0.1) is 11.2 Å². The fraction of sp³-hybridized carbons (Fsp3) is 0.647. The highest BCUT2D eigenvalue weighted by atomic mass is 19.1. The molecule has 1 aliphatic heterocycles. The van der Waals surface area contributed by atoms with Crippen molar-refractivity contribution in [3.63, 3.8) is 0 Å². The molecule has 2 heteroatoms. The van der Waals surface area contributed by atoms with Gasteiger partial charge in [0.1, 0.15) is 5.82 Å². The maximum absolute atomic E-state index is 14.2. The number of piperidine rings is 1. The van der Waals surface area contributed by atoms with Crippen molar-refractivity contribution in [2.75, 3.05) is 13.1 Å². The summed E-state index contributed by atoms with van der Waals surface area (Å²) in [7, 11) is 0. The summed E-state index contributed by atoms with van der Waals surface area (Å²) in [5.41, 5.74) is 1.29. The van der Waals surface area contributed by atoms with Crippen LogP contribution < -0.4 is 5.32 Å². The number of benzene rings is 1. The molecule has 1 spiro atoms. The van der Waals surface area contributed by atoms with Gasteiger partial charge in [-0.05, 0) is 42.9 Å². The van der Waals surface area contributed by atoms with Crippen molar-refractivity contribution in [3.05, 3.63) is 35.6 Å². The second-order valence-corrected chi connectivity index (χ2v) is 6.30. The lowest BCUT2D eigenvalue weighted by atomic mass is 9.63. The molecule has 1 aromatic rings. The summed E-state index contributed by atoms with van der Waals surface area (Å²) in [6.45, 7) is 2.05. The van der Waals surface area contributed by atoms with Crippen molar-refractivity contribution in [1.82, 2.24) is 5.32 Å². The third-order valence-electron chi connectivity index (χ3n) is 5.27. The van der Waals surface area contributed by atoms with E-state index in [1.807, 2.05) is 12.1 Å². The van der Waals surface area contributed by atoms with Gasteiger partial charge in [0, 0.05) is 12.5 Å². The van der Waals surface area contributed by atoms with E-state index in [1.54, 1.807) is 12.1 Å². The van der Waals surface area contributed by atoms with Crippen molar-refractivity contribution in [3.8, 4) is 0 Å². The number of hydrogen-bond acceptors (Lipinski definition) is 1. The molecule has 19 heavy (non-hydrogen) atoms. The Kier molecular flexibility index (Phi) is 3.88. The number of hydrogen-bond donors (Lipinski definition) is 1. The summed E-state index contributed by atoms with van der Waals surface area (Å²) in [6, 6.07) is 7.40. The van der Waals surface area contributed by atoms with Gasteiger partial charge >= 0.3 is 0 Å². The predicted octanol–water partition coefficient (Wildman–Crippen LogP) is 4.24. The SMILES string of the molecule is Fc1ccccc1C1CNCCC12CCCCCC2. The summed E-state index contributed by atoms with van der Waals surface area (Å²) in [4.78, 5) is 0. The van der Waals surface area contributed by atoms with Gasteiger partial charge in [-0.25, -0.2) is 4.39 Å². The number of halogens is 1. The lowest BCUT2D eigenvalue weighted by molar-refractivity contribution is 0.134. The van der Waals surface area contributed by atoms with Gasteiger partial charge in [-0.3, -0.25) is 0 Å². The van der Waals surface area contributed by atoms with Gasteiger partial charge in [0.25, 0.3) is 0 Å². The average molecular weight is 261 g/mol. The van der Waals surface area contributed by atoms with E-state index in [4.69, 9.17) is 0 Å². The van der Waals surface area contributed by atoms with Crippen LogP contribution in [0.3, 0.4) is 0 Å². The fourth-order valence-electron chi connectivity index (χ4n) is 4.20. The minimum Gasteiger partial charge on any atom is -0.316 e. The molecule has 104 valence electrons. The molecule has 2 fully saturated rings. The molecule has 0 amide bonds. The van der Waals surface area contributed by atoms with Crippen molar-refractivity contribution in [2.45, 2.75) is 50.9 Å². The van der Waals surface area contributed by atoms with E-state index in [0.717, 1.165) is 18.7 Å². The first-order chi connectivity index (χ1) is 9.32. The van der Waals surface area contributed by atoms with Crippen molar-refractivity contribution in [2.24, 2.45) is 5.41 Å². The molecule has 1 unspecified atom stereocenters. The average Bonchev–Trinajstić information content (AvgIpc) is 2.67. The summed E-state index contributed by atoms with van der Waals surface area (Å²) >= 11 is 0. The van der Waals surface area contributed by atoms with Gasteiger partial charge < -0.3 is 5.32 Å². The maximum atomic E-state index is 14.2. The zero-order chi connectivity index (χ0) is 13.1. The largest absolute Gasteiger partial charge is 0.316 e. The molecular weight excluding hydrogens is 237 g/mol. The van der Waals surface area contributed by atoms with Gasteiger partial charge in [0.15, 0.2) is 0 Å². The highest BCUT2D eigenvalue weighted by Crippen LogP contribution is 2.50. The highest BCUT2D eigenvalue weighted by Gasteiger charge is 2.42. The molecule has 1 nitrogen and oxygen atoms in total. The quantitative estimate of drug-likeness (QED) is 0.797. The smallest absolute Gasteiger partial charge is 0.126 e. The van der Waals surface area contributed by atoms with Crippen LogP contribution in [-0.2, 0) is 0 Å². The highest BCUT2D eigenvalue weighted by molar-refractivity contribution is 5.25. The normalized spacial score (nSPS) is 27.1. The van der Waals surface area contributed by atoms with Crippen LogP contribution in [0.2, 0.25) is 0 Å². The van der Waals surface area contributed by atoms with E-state index in [9.17, 15) is 4.39 Å². The summed E-state index contributed by atoms with van der Waals surface area (Å²) in [6.07, 6.45) is 9.15. The Bertz CT molecular complexity index is 421. The van der Waals surface area contributed by atoms with Crippen LogP contribution in [0.1, 0.15) is 56.4 Å². The van der Waals surface area contributed by atoms with Crippen LogP contribution in [0.15, 0.2) is 24.3 Å². The second kappa shape index (κ2) is 5.62. The zero-order valence-corrected chi connectivity index (χ0v) is 11.6. The molecular formula is C17H24FN. The van der Waals surface area contributed by atoms with Crippen molar-refractivity contribution >= 4 is 0 Å². The second-order valence-electron chi connectivity index (χ2n) is 6.30. The molecule has 3 rings (SSSR count). The molecule has 1 atom stereocenters. The minimum atomic E-state index is -0.0141. The zero-order valence-electron chi connectivity index (χ0n) is 11.6. The van der Waals surface area contributed by atoms with Crippen LogP contribution in [-0.4, -0.2) is 13.1 Å². The van der Waals surface area contributed by atoms with E-state index in [-0.39, 0.29) is 5.82 Å². The number of rotatable bonds is 1. The van der Waals surface area contributed by atoms with Gasteiger partial charge in [0.05, 0.1) is 0 Å². The van der Waals surface area contributed by atoms with Gasteiger partial charge in [0.2, 0.25) is 0 Å². The molecule has 1 aromatic carbocycles. The maximum Gasteiger partial charge on any atom is 0.126 e. The Labute approximate surface area is 115 Å². The molecule has 1 aliphatic carbocycles. The van der Waals surface area contributed by atoms with E-state index in [1.165, 1.54) is 44.9 Å². The van der Waals surface area contributed by atoms with Crippen molar-refractivity contribution in [1.29, 1.82) is 0 Å². The molecule has 0 bridgehead atoms. The standard InChI is InChI=1S/C17H24FN/c18-16-8-4-3-7-14(16)15-13-19-12-11-17(15)9-5-1-2-6-10-17/h3-4,7-8,15,19H,1-2,5-6,9-13H2. The Morgan fingerprint density at radius 1 is 1.00 bits per heavy atom. The summed E-state index contributed by atoms with van der Waals surface area (Å²) in [5.74, 6) is 0.348.